The number of ether oxygens (including phenoxy) is 1. The number of aryl methyl sites for hydroxylation is 3. The molecule has 1 amide bonds. The van der Waals surface area contributed by atoms with Crippen molar-refractivity contribution in [3.05, 3.63) is 51.8 Å². The molecule has 0 saturated carbocycles. The predicted octanol–water partition coefficient (Wildman–Crippen LogP) is 1.76. The van der Waals surface area contributed by atoms with E-state index < -0.39 is 12.0 Å². The Morgan fingerprint density at radius 1 is 1.17 bits per heavy atom. The van der Waals surface area contributed by atoms with Crippen LogP contribution in [-0.4, -0.2) is 49.4 Å². The van der Waals surface area contributed by atoms with E-state index in [2.05, 4.69) is 10.3 Å². The van der Waals surface area contributed by atoms with Crippen LogP contribution in [0.5, 0.6) is 0 Å². The summed E-state index contributed by atoms with van der Waals surface area (Å²) in [7, 11) is 3.11. The summed E-state index contributed by atoms with van der Waals surface area (Å²) < 4.78 is 4.80. The summed E-state index contributed by atoms with van der Waals surface area (Å²) >= 11 is 0. The molecule has 0 saturated heterocycles. The van der Waals surface area contributed by atoms with Crippen LogP contribution in [0.1, 0.15) is 50.2 Å². The molecule has 7 heteroatoms. The second kappa shape index (κ2) is 9.05. The number of hydrogen-bond acceptors (Lipinski definition) is 4. The molecule has 0 aliphatic carbocycles. The second-order valence-electron chi connectivity index (χ2n) is 7.59. The number of methoxy groups -OCH3 is 1. The molecule has 0 radical (unpaired) electrons. The van der Waals surface area contributed by atoms with Gasteiger partial charge in [0.15, 0.2) is 12.6 Å². The van der Waals surface area contributed by atoms with Gasteiger partial charge in [0, 0.05) is 11.4 Å². The normalized spacial score (nSPS) is 12.9. The summed E-state index contributed by atoms with van der Waals surface area (Å²) in [6.07, 6.45) is 0. The fourth-order valence-electron chi connectivity index (χ4n) is 3.32. The average molecular weight is 400 g/mol. The first-order valence-corrected chi connectivity index (χ1v) is 9.57. The third-order valence-corrected chi connectivity index (χ3v) is 5.31. The van der Waals surface area contributed by atoms with Crippen LogP contribution in [0.4, 0.5) is 5.69 Å². The molecule has 1 unspecified atom stereocenters. The quantitative estimate of drug-likeness (QED) is 0.488. The lowest BCUT2D eigenvalue weighted by molar-refractivity contribution is -0.885. The number of aromatic nitrogens is 1. The maximum absolute atomic E-state index is 13.0. The van der Waals surface area contributed by atoms with Crippen molar-refractivity contribution in [3.63, 3.8) is 0 Å². The number of nitrogens with one attached hydrogen (secondary N) is 3. The molecule has 1 heterocycles. The van der Waals surface area contributed by atoms with E-state index in [-0.39, 0.29) is 18.2 Å². The SMILES string of the molecule is COC(=O)c1c(C)[nH]c(C(=O)[C@@H](C)[NH+](C)CC(=O)Nc2cc(C)ccc2C)c1C. The molecule has 2 aromatic rings. The van der Waals surface area contributed by atoms with E-state index >= 15 is 0 Å². The first-order chi connectivity index (χ1) is 13.6. The topological polar surface area (TPSA) is 92.7 Å². The van der Waals surface area contributed by atoms with E-state index in [4.69, 9.17) is 4.74 Å². The number of quaternary nitrogens is 1. The predicted molar refractivity (Wildman–Crippen MR) is 112 cm³/mol. The smallest absolute Gasteiger partial charge is 0.339 e. The fourth-order valence-corrected chi connectivity index (χ4v) is 3.32. The Kier molecular flexibility index (Phi) is 6.97. The molecule has 0 bridgehead atoms. The zero-order chi connectivity index (χ0) is 21.9. The number of likely N-dealkylation sites (N-methyl/N-ethyl adjacent to an activating group) is 1. The van der Waals surface area contributed by atoms with Crippen LogP contribution in [0, 0.1) is 27.7 Å². The molecule has 29 heavy (non-hydrogen) atoms. The number of hydrogen-bond donors (Lipinski definition) is 3. The van der Waals surface area contributed by atoms with Gasteiger partial charge in [0.05, 0.1) is 25.4 Å². The lowest BCUT2D eigenvalue weighted by Gasteiger charge is -2.20. The Morgan fingerprint density at radius 2 is 1.83 bits per heavy atom. The maximum Gasteiger partial charge on any atom is 0.339 e. The third kappa shape index (κ3) is 4.92. The number of anilines is 1. The van der Waals surface area contributed by atoms with Gasteiger partial charge in [-0.3, -0.25) is 9.59 Å². The lowest BCUT2D eigenvalue weighted by atomic mass is 10.0. The molecule has 0 aliphatic heterocycles. The summed E-state index contributed by atoms with van der Waals surface area (Å²) in [5.41, 5.74) is 4.75. The highest BCUT2D eigenvalue weighted by molar-refractivity contribution is 6.03. The standard InChI is InChI=1S/C22H29N3O4/c1-12-8-9-13(2)17(10-12)24-18(26)11-25(6)16(5)21(27)20-14(3)19(15(4)23-20)22(28)29-7/h8-10,16,23H,11H2,1-7H3,(H,24,26)/p+1/t16-/m1/s1. The highest BCUT2D eigenvalue weighted by atomic mass is 16.5. The van der Waals surface area contributed by atoms with Crippen molar-refractivity contribution in [2.45, 2.75) is 40.7 Å². The van der Waals surface area contributed by atoms with Crippen molar-refractivity contribution in [1.29, 1.82) is 0 Å². The molecule has 1 aromatic heterocycles. The van der Waals surface area contributed by atoms with Gasteiger partial charge >= 0.3 is 5.97 Å². The van der Waals surface area contributed by atoms with Crippen LogP contribution in [0.25, 0.3) is 0 Å². The van der Waals surface area contributed by atoms with Crippen molar-refractivity contribution in [2.75, 3.05) is 26.0 Å². The number of benzene rings is 1. The largest absolute Gasteiger partial charge is 0.465 e. The summed E-state index contributed by atoms with van der Waals surface area (Å²) in [6.45, 7) is 9.27. The molecular formula is C22H30N3O4+. The van der Waals surface area contributed by atoms with E-state index in [0.717, 1.165) is 21.7 Å². The minimum atomic E-state index is -0.475. The van der Waals surface area contributed by atoms with E-state index in [1.54, 1.807) is 27.8 Å². The number of H-pyrrole nitrogens is 1. The molecule has 0 aliphatic rings. The Morgan fingerprint density at radius 3 is 2.45 bits per heavy atom. The monoisotopic (exact) mass is 400 g/mol. The molecule has 2 rings (SSSR count). The van der Waals surface area contributed by atoms with Gasteiger partial charge in [0.25, 0.3) is 5.91 Å². The van der Waals surface area contributed by atoms with Gasteiger partial charge in [0.2, 0.25) is 5.78 Å². The van der Waals surface area contributed by atoms with E-state index in [1.165, 1.54) is 7.11 Å². The number of amides is 1. The van der Waals surface area contributed by atoms with Crippen molar-refractivity contribution in [3.8, 4) is 0 Å². The number of Topliss-reactive ketones (excluding diaryl/α,β-unsaturated/α-hetero) is 1. The second-order valence-corrected chi connectivity index (χ2v) is 7.59. The number of aromatic amines is 1. The number of carbonyl (C=O) groups excluding carboxylic acids is 3. The van der Waals surface area contributed by atoms with Crippen LogP contribution in [0.15, 0.2) is 18.2 Å². The van der Waals surface area contributed by atoms with Crippen molar-refractivity contribution < 1.29 is 24.0 Å². The Hall–Kier alpha value is -2.93. The van der Waals surface area contributed by atoms with Crippen LogP contribution in [0.3, 0.4) is 0 Å². The van der Waals surface area contributed by atoms with Crippen LogP contribution < -0.4 is 10.2 Å². The van der Waals surface area contributed by atoms with Crippen LogP contribution in [-0.2, 0) is 9.53 Å². The van der Waals surface area contributed by atoms with Crippen LogP contribution >= 0.6 is 0 Å². The van der Waals surface area contributed by atoms with Crippen molar-refractivity contribution in [2.24, 2.45) is 0 Å². The highest BCUT2D eigenvalue weighted by Gasteiger charge is 2.30. The van der Waals surface area contributed by atoms with Crippen molar-refractivity contribution >= 4 is 23.3 Å². The van der Waals surface area contributed by atoms with Gasteiger partial charge < -0.3 is 19.9 Å². The summed E-state index contributed by atoms with van der Waals surface area (Å²) in [5.74, 6) is -0.792. The third-order valence-electron chi connectivity index (χ3n) is 5.31. The van der Waals surface area contributed by atoms with Gasteiger partial charge in [-0.05, 0) is 57.4 Å². The van der Waals surface area contributed by atoms with Gasteiger partial charge in [-0.25, -0.2) is 4.79 Å². The molecular weight excluding hydrogens is 370 g/mol. The molecule has 0 spiro atoms. The summed E-state index contributed by atoms with van der Waals surface area (Å²) in [4.78, 5) is 41.2. The lowest BCUT2D eigenvalue weighted by Crippen LogP contribution is -3.14. The Balaban J connectivity index is 2.10. The zero-order valence-electron chi connectivity index (χ0n) is 18.1. The van der Waals surface area contributed by atoms with E-state index in [0.29, 0.717) is 22.5 Å². The fraction of sp³-hybridized carbons (Fsp3) is 0.409. The highest BCUT2D eigenvalue weighted by Crippen LogP contribution is 2.20. The van der Waals surface area contributed by atoms with Gasteiger partial charge in [-0.15, -0.1) is 0 Å². The molecule has 1 aromatic carbocycles. The molecule has 2 atom stereocenters. The zero-order valence-corrected chi connectivity index (χ0v) is 18.1. The molecule has 3 N–H and O–H groups in total. The number of carbonyl (C=O) groups is 3. The molecule has 156 valence electrons. The Bertz CT molecular complexity index is 946. The average Bonchev–Trinajstić information content (AvgIpc) is 2.96. The van der Waals surface area contributed by atoms with Gasteiger partial charge in [-0.1, -0.05) is 12.1 Å². The maximum atomic E-state index is 13.0. The first kappa shape index (κ1) is 22.4. The number of esters is 1. The van der Waals surface area contributed by atoms with Crippen LogP contribution in [0.2, 0.25) is 0 Å². The summed E-state index contributed by atoms with van der Waals surface area (Å²) in [6, 6.07) is 5.41. The number of rotatable bonds is 7. The minimum Gasteiger partial charge on any atom is -0.465 e. The van der Waals surface area contributed by atoms with Gasteiger partial charge in [-0.2, -0.15) is 0 Å². The first-order valence-electron chi connectivity index (χ1n) is 9.57. The molecule has 0 fully saturated rings. The van der Waals surface area contributed by atoms with Gasteiger partial charge in [0.1, 0.15) is 0 Å². The van der Waals surface area contributed by atoms with Crippen molar-refractivity contribution in [1.82, 2.24) is 4.98 Å². The summed E-state index contributed by atoms with van der Waals surface area (Å²) in [5, 5.41) is 2.92. The minimum absolute atomic E-state index is 0.142. The number of ketones is 1. The molecule has 7 nitrogen and oxygen atoms in total. The van der Waals surface area contributed by atoms with E-state index in [1.807, 2.05) is 32.0 Å². The van der Waals surface area contributed by atoms with E-state index in [9.17, 15) is 14.4 Å². The Labute approximate surface area is 171 Å².